The highest BCUT2D eigenvalue weighted by Crippen LogP contribution is 2.39. The topological polar surface area (TPSA) is 53.1 Å². The molecule has 1 aromatic heterocycles. The van der Waals surface area contributed by atoms with Crippen molar-refractivity contribution in [3.05, 3.63) is 11.9 Å². The van der Waals surface area contributed by atoms with Gasteiger partial charge in [-0.1, -0.05) is 0 Å². The predicted octanol–water partition coefficient (Wildman–Crippen LogP) is 2.68. The highest BCUT2D eigenvalue weighted by molar-refractivity contribution is 5.48. The van der Waals surface area contributed by atoms with Gasteiger partial charge in [-0.15, -0.1) is 0 Å². The number of nitrogens with one attached hydrogen (secondary N) is 2. The summed E-state index contributed by atoms with van der Waals surface area (Å²) < 4.78 is 0. The Bertz CT molecular complexity index is 491. The summed E-state index contributed by atoms with van der Waals surface area (Å²) in [5.41, 5.74) is 0.309. The third-order valence-corrected chi connectivity index (χ3v) is 4.88. The summed E-state index contributed by atoms with van der Waals surface area (Å²) in [6.07, 6.45) is 6.34. The molecule has 2 saturated carbocycles. The first-order valence-corrected chi connectivity index (χ1v) is 8.17. The summed E-state index contributed by atoms with van der Waals surface area (Å²) >= 11 is 0. The van der Waals surface area contributed by atoms with Crippen LogP contribution in [0.3, 0.4) is 0 Å². The lowest BCUT2D eigenvalue weighted by molar-refractivity contribution is 0.0738. The molecule has 2 aliphatic carbocycles. The third-order valence-electron chi connectivity index (χ3n) is 4.88. The van der Waals surface area contributed by atoms with Crippen molar-refractivity contribution in [1.29, 1.82) is 0 Å². The Hall–Kier alpha value is -1.36. The molecular formula is C16H27N5. The Labute approximate surface area is 127 Å². The highest BCUT2D eigenvalue weighted by atomic mass is 15.2. The van der Waals surface area contributed by atoms with Crippen molar-refractivity contribution in [3.8, 4) is 0 Å². The predicted molar refractivity (Wildman–Crippen MR) is 86.9 cm³/mol. The zero-order valence-corrected chi connectivity index (χ0v) is 13.4. The van der Waals surface area contributed by atoms with Crippen LogP contribution in [0.1, 0.15) is 50.8 Å². The van der Waals surface area contributed by atoms with Crippen LogP contribution in [0.25, 0.3) is 0 Å². The van der Waals surface area contributed by atoms with Gasteiger partial charge in [0.05, 0.1) is 0 Å². The fraction of sp³-hybridized carbons (Fsp3) is 0.750. The fourth-order valence-electron chi connectivity index (χ4n) is 2.97. The fourth-order valence-corrected chi connectivity index (χ4v) is 2.97. The van der Waals surface area contributed by atoms with E-state index < -0.39 is 0 Å². The molecule has 2 aliphatic rings. The average Bonchev–Trinajstić information content (AvgIpc) is 3.21. The first-order chi connectivity index (χ1) is 10.1. The second kappa shape index (κ2) is 5.79. The first kappa shape index (κ1) is 14.6. The van der Waals surface area contributed by atoms with Crippen molar-refractivity contribution < 1.29 is 0 Å². The van der Waals surface area contributed by atoms with Crippen molar-refractivity contribution in [2.24, 2.45) is 0 Å². The van der Waals surface area contributed by atoms with Crippen LogP contribution in [0.15, 0.2) is 6.07 Å². The second-order valence-electron chi connectivity index (χ2n) is 6.63. The molecule has 0 aromatic carbocycles. The minimum absolute atomic E-state index is 0.309. The van der Waals surface area contributed by atoms with Gasteiger partial charge in [-0.2, -0.15) is 0 Å². The van der Waals surface area contributed by atoms with Crippen LogP contribution < -0.4 is 10.6 Å². The van der Waals surface area contributed by atoms with Crippen LogP contribution in [-0.2, 0) is 0 Å². The van der Waals surface area contributed by atoms with Gasteiger partial charge in [-0.25, -0.2) is 9.97 Å². The van der Waals surface area contributed by atoms with E-state index in [1.165, 1.54) is 32.1 Å². The van der Waals surface area contributed by atoms with E-state index in [-0.39, 0.29) is 0 Å². The van der Waals surface area contributed by atoms with E-state index in [1.54, 1.807) is 0 Å². The van der Waals surface area contributed by atoms with Gasteiger partial charge in [0.15, 0.2) is 0 Å². The molecule has 0 atom stereocenters. The minimum atomic E-state index is 0.309. The van der Waals surface area contributed by atoms with Gasteiger partial charge in [0.25, 0.3) is 0 Å². The van der Waals surface area contributed by atoms with Gasteiger partial charge in [0.1, 0.15) is 17.5 Å². The zero-order chi connectivity index (χ0) is 14.9. The van der Waals surface area contributed by atoms with Crippen molar-refractivity contribution >= 4 is 11.6 Å². The van der Waals surface area contributed by atoms with E-state index >= 15 is 0 Å². The van der Waals surface area contributed by atoms with Crippen LogP contribution in [0.4, 0.5) is 11.6 Å². The van der Waals surface area contributed by atoms with Crippen LogP contribution in [0, 0.1) is 0 Å². The number of rotatable bonds is 7. The van der Waals surface area contributed by atoms with Crippen molar-refractivity contribution in [3.63, 3.8) is 0 Å². The molecule has 0 saturated heterocycles. The monoisotopic (exact) mass is 289 g/mol. The molecule has 1 heterocycles. The molecule has 2 fully saturated rings. The molecule has 1 aromatic rings. The van der Waals surface area contributed by atoms with Crippen LogP contribution in [-0.4, -0.2) is 47.6 Å². The molecule has 5 nitrogen and oxygen atoms in total. The molecule has 21 heavy (non-hydrogen) atoms. The average molecular weight is 289 g/mol. The van der Waals surface area contributed by atoms with Gasteiger partial charge < -0.3 is 15.5 Å². The van der Waals surface area contributed by atoms with E-state index in [4.69, 9.17) is 4.98 Å². The molecule has 0 radical (unpaired) electrons. The molecule has 0 spiro atoms. The second-order valence-corrected chi connectivity index (χ2v) is 6.63. The maximum Gasteiger partial charge on any atom is 0.136 e. The Kier molecular flexibility index (Phi) is 4.02. The van der Waals surface area contributed by atoms with Crippen molar-refractivity contribution in [2.75, 3.05) is 37.8 Å². The number of aromatic nitrogens is 2. The quantitative estimate of drug-likeness (QED) is 0.808. The van der Waals surface area contributed by atoms with E-state index in [0.717, 1.165) is 30.5 Å². The Morgan fingerprint density at radius 3 is 2.33 bits per heavy atom. The summed E-state index contributed by atoms with van der Waals surface area (Å²) in [5.74, 6) is 3.50. The van der Waals surface area contributed by atoms with Crippen molar-refractivity contribution in [2.45, 2.75) is 50.5 Å². The van der Waals surface area contributed by atoms with Crippen LogP contribution in [0.5, 0.6) is 0 Å². The lowest BCUT2D eigenvalue weighted by Gasteiger charge is -2.47. The summed E-state index contributed by atoms with van der Waals surface area (Å²) in [6.45, 7) is 3.95. The van der Waals surface area contributed by atoms with Gasteiger partial charge in [-0.05, 0) is 53.1 Å². The van der Waals surface area contributed by atoms with Gasteiger partial charge in [0.2, 0.25) is 0 Å². The number of hydrogen-bond acceptors (Lipinski definition) is 5. The standard InChI is InChI=1S/C16H27N5/c1-4-17-13-10-14(20-15(19-13)12-6-7-12)18-11-16(21(2)3)8-5-9-16/h10,12H,4-9,11H2,1-3H3,(H2,17,18,19,20). The summed E-state index contributed by atoms with van der Waals surface area (Å²) in [5, 5.41) is 6.88. The minimum Gasteiger partial charge on any atom is -0.370 e. The largest absolute Gasteiger partial charge is 0.370 e. The van der Waals surface area contributed by atoms with E-state index in [0.29, 0.717) is 11.5 Å². The lowest BCUT2D eigenvalue weighted by Crippen LogP contribution is -2.54. The first-order valence-electron chi connectivity index (χ1n) is 8.17. The summed E-state index contributed by atoms with van der Waals surface area (Å²) in [6, 6.07) is 2.04. The Balaban J connectivity index is 1.71. The van der Waals surface area contributed by atoms with Gasteiger partial charge in [0, 0.05) is 30.6 Å². The van der Waals surface area contributed by atoms with Gasteiger partial charge in [-0.3, -0.25) is 0 Å². The Morgan fingerprint density at radius 2 is 1.86 bits per heavy atom. The number of anilines is 2. The smallest absolute Gasteiger partial charge is 0.136 e. The number of nitrogens with zero attached hydrogens (tertiary/aromatic N) is 3. The summed E-state index contributed by atoms with van der Waals surface area (Å²) in [4.78, 5) is 11.7. The molecule has 5 heteroatoms. The molecule has 0 bridgehead atoms. The van der Waals surface area contributed by atoms with Gasteiger partial charge >= 0.3 is 0 Å². The van der Waals surface area contributed by atoms with E-state index in [9.17, 15) is 0 Å². The zero-order valence-electron chi connectivity index (χ0n) is 13.4. The van der Waals surface area contributed by atoms with E-state index in [1.807, 2.05) is 6.07 Å². The summed E-state index contributed by atoms with van der Waals surface area (Å²) in [7, 11) is 4.36. The normalized spacial score (nSPS) is 20.2. The molecule has 0 amide bonds. The Morgan fingerprint density at radius 1 is 1.19 bits per heavy atom. The van der Waals surface area contributed by atoms with E-state index in [2.05, 4.69) is 41.5 Å². The molecule has 116 valence electrons. The lowest BCUT2D eigenvalue weighted by atomic mass is 9.75. The number of likely N-dealkylation sites (N-methyl/N-ethyl adjacent to an activating group) is 1. The molecule has 3 rings (SSSR count). The maximum absolute atomic E-state index is 4.72. The molecular weight excluding hydrogens is 262 g/mol. The number of hydrogen-bond donors (Lipinski definition) is 2. The SMILES string of the molecule is CCNc1cc(NCC2(N(C)C)CCC2)nc(C2CC2)n1. The molecule has 0 aliphatic heterocycles. The molecule has 2 N–H and O–H groups in total. The van der Waals surface area contributed by atoms with Crippen molar-refractivity contribution in [1.82, 2.24) is 14.9 Å². The van der Waals surface area contributed by atoms with Crippen LogP contribution >= 0.6 is 0 Å². The highest BCUT2D eigenvalue weighted by Gasteiger charge is 2.38. The molecule has 0 unspecified atom stereocenters. The van der Waals surface area contributed by atoms with Crippen LogP contribution in [0.2, 0.25) is 0 Å². The maximum atomic E-state index is 4.72. The third kappa shape index (κ3) is 3.12.